The van der Waals surface area contributed by atoms with E-state index in [4.69, 9.17) is 11.6 Å². The highest BCUT2D eigenvalue weighted by atomic mass is 35.5. The minimum absolute atomic E-state index is 0.117. The van der Waals surface area contributed by atoms with Gasteiger partial charge in [0.1, 0.15) is 10.6 Å². The lowest BCUT2D eigenvalue weighted by Gasteiger charge is -2.19. The second-order valence-electron chi connectivity index (χ2n) is 4.34. The smallest absolute Gasteiger partial charge is 0.300 e. The minimum atomic E-state index is -0.711. The van der Waals surface area contributed by atoms with Crippen molar-refractivity contribution < 1.29 is 14.5 Å². The molecule has 0 saturated heterocycles. The molecule has 7 nitrogen and oxygen atoms in total. The summed E-state index contributed by atoms with van der Waals surface area (Å²) in [6, 6.07) is 4.09. The number of hydrogen-bond acceptors (Lipinski definition) is 4. The lowest BCUT2D eigenvalue weighted by atomic mass is 10.1. The van der Waals surface area contributed by atoms with Gasteiger partial charge in [0.25, 0.3) is 5.91 Å². The molecule has 1 aromatic carbocycles. The maximum Gasteiger partial charge on any atom is 0.300 e. The number of para-hydroxylation sites is 1. The SMILES string of the molecule is CN(C)C(=O)CN(C)C(=O)c1cccc(Cl)c1[N+](=O)[O-]. The first-order valence-electron chi connectivity index (χ1n) is 5.64. The second-order valence-corrected chi connectivity index (χ2v) is 4.75. The molecule has 0 radical (unpaired) electrons. The highest BCUT2D eigenvalue weighted by Gasteiger charge is 2.26. The number of rotatable bonds is 4. The molecule has 0 N–H and O–H groups in total. The Morgan fingerprint density at radius 1 is 1.30 bits per heavy atom. The number of nitrogens with zero attached hydrogens (tertiary/aromatic N) is 3. The van der Waals surface area contributed by atoms with Crippen LogP contribution >= 0.6 is 11.6 Å². The summed E-state index contributed by atoms with van der Waals surface area (Å²) < 4.78 is 0. The fourth-order valence-electron chi connectivity index (χ4n) is 1.50. The standard InChI is InChI=1S/C12H14ClN3O4/c1-14(2)10(17)7-15(3)12(18)8-5-4-6-9(13)11(8)16(19)20/h4-6H,7H2,1-3H3. The van der Waals surface area contributed by atoms with Gasteiger partial charge in [-0.15, -0.1) is 0 Å². The van der Waals surface area contributed by atoms with Crippen molar-refractivity contribution in [2.24, 2.45) is 0 Å². The largest absolute Gasteiger partial charge is 0.347 e. The molecule has 0 saturated carbocycles. The van der Waals surface area contributed by atoms with Crippen molar-refractivity contribution in [1.82, 2.24) is 9.80 Å². The minimum Gasteiger partial charge on any atom is -0.347 e. The molecule has 0 atom stereocenters. The van der Waals surface area contributed by atoms with Gasteiger partial charge in [0, 0.05) is 21.1 Å². The lowest BCUT2D eigenvalue weighted by molar-refractivity contribution is -0.385. The molecule has 8 heteroatoms. The molecular formula is C12H14ClN3O4. The van der Waals surface area contributed by atoms with Gasteiger partial charge in [0.05, 0.1) is 11.5 Å². The summed E-state index contributed by atoms with van der Waals surface area (Å²) in [7, 11) is 4.51. The van der Waals surface area contributed by atoms with Gasteiger partial charge in [0.15, 0.2) is 0 Å². The molecule has 1 rings (SSSR count). The van der Waals surface area contributed by atoms with Crippen LogP contribution in [0, 0.1) is 10.1 Å². The fourth-order valence-corrected chi connectivity index (χ4v) is 1.74. The lowest BCUT2D eigenvalue weighted by Crippen LogP contribution is -2.38. The molecule has 0 aliphatic rings. The first kappa shape index (κ1) is 15.9. The van der Waals surface area contributed by atoms with E-state index in [2.05, 4.69) is 0 Å². The van der Waals surface area contributed by atoms with E-state index < -0.39 is 16.5 Å². The van der Waals surface area contributed by atoms with Crippen molar-refractivity contribution in [3.8, 4) is 0 Å². The van der Waals surface area contributed by atoms with Crippen LogP contribution in [0.15, 0.2) is 18.2 Å². The zero-order valence-corrected chi connectivity index (χ0v) is 12.0. The summed E-state index contributed by atoms with van der Waals surface area (Å²) in [6.45, 7) is -0.171. The molecule has 1 aromatic rings. The van der Waals surface area contributed by atoms with Crippen LogP contribution in [0.5, 0.6) is 0 Å². The Morgan fingerprint density at radius 2 is 1.90 bits per heavy atom. The Kier molecular flexibility index (Phi) is 5.04. The fraction of sp³-hybridized carbons (Fsp3) is 0.333. The number of amides is 2. The Labute approximate surface area is 120 Å². The van der Waals surface area contributed by atoms with Crippen molar-refractivity contribution in [2.75, 3.05) is 27.7 Å². The Bertz CT molecular complexity index is 560. The molecule has 0 heterocycles. The molecule has 2 amide bonds. The van der Waals surface area contributed by atoms with Gasteiger partial charge in [-0.3, -0.25) is 19.7 Å². The summed E-state index contributed by atoms with van der Waals surface area (Å²) in [4.78, 5) is 36.4. The molecule has 20 heavy (non-hydrogen) atoms. The summed E-state index contributed by atoms with van der Waals surface area (Å²) in [5.74, 6) is -0.917. The molecule has 0 fully saturated rings. The van der Waals surface area contributed by atoms with Gasteiger partial charge in [-0.1, -0.05) is 17.7 Å². The van der Waals surface area contributed by atoms with E-state index in [0.717, 1.165) is 4.90 Å². The summed E-state index contributed by atoms with van der Waals surface area (Å²) in [5, 5.41) is 10.9. The number of benzene rings is 1. The number of nitro benzene ring substituents is 1. The van der Waals surface area contributed by atoms with Gasteiger partial charge in [0.2, 0.25) is 5.91 Å². The number of hydrogen-bond donors (Lipinski definition) is 0. The van der Waals surface area contributed by atoms with Gasteiger partial charge >= 0.3 is 5.69 Å². The number of halogens is 1. The monoisotopic (exact) mass is 299 g/mol. The van der Waals surface area contributed by atoms with Crippen LogP contribution in [0.25, 0.3) is 0 Å². The highest BCUT2D eigenvalue weighted by Crippen LogP contribution is 2.28. The summed E-state index contributed by atoms with van der Waals surface area (Å²) >= 11 is 5.74. The average molecular weight is 300 g/mol. The molecule has 0 aromatic heterocycles. The predicted octanol–water partition coefficient (Wildman–Crippen LogP) is 1.41. The maximum atomic E-state index is 12.2. The van der Waals surface area contributed by atoms with Crippen molar-refractivity contribution in [2.45, 2.75) is 0 Å². The van der Waals surface area contributed by atoms with E-state index in [1.807, 2.05) is 0 Å². The average Bonchev–Trinajstić information content (AvgIpc) is 2.36. The maximum absolute atomic E-state index is 12.2. The number of nitro groups is 1. The quantitative estimate of drug-likeness (QED) is 0.621. The molecule has 0 bridgehead atoms. The Morgan fingerprint density at radius 3 is 2.40 bits per heavy atom. The van der Waals surface area contributed by atoms with Crippen LogP contribution in [0.4, 0.5) is 5.69 Å². The second kappa shape index (κ2) is 6.33. The van der Waals surface area contributed by atoms with Gasteiger partial charge in [-0.05, 0) is 12.1 Å². The molecule has 108 valence electrons. The van der Waals surface area contributed by atoms with Crippen molar-refractivity contribution in [3.63, 3.8) is 0 Å². The molecule has 0 unspecified atom stereocenters. The Hall–Kier alpha value is -2.15. The number of carbonyl (C=O) groups is 2. The van der Waals surface area contributed by atoms with E-state index in [9.17, 15) is 19.7 Å². The van der Waals surface area contributed by atoms with Crippen LogP contribution < -0.4 is 0 Å². The van der Waals surface area contributed by atoms with E-state index in [-0.39, 0.29) is 23.0 Å². The van der Waals surface area contributed by atoms with Crippen molar-refractivity contribution >= 4 is 29.1 Å². The van der Waals surface area contributed by atoms with Gasteiger partial charge < -0.3 is 9.80 Å². The molecule has 0 aliphatic heterocycles. The number of carbonyl (C=O) groups excluding carboxylic acids is 2. The van der Waals surface area contributed by atoms with Crippen LogP contribution in [0.3, 0.4) is 0 Å². The molecular weight excluding hydrogens is 286 g/mol. The van der Waals surface area contributed by atoms with Crippen LogP contribution in [0.1, 0.15) is 10.4 Å². The number of likely N-dealkylation sites (N-methyl/N-ethyl adjacent to an activating group) is 2. The first-order chi connectivity index (χ1) is 9.25. The first-order valence-corrected chi connectivity index (χ1v) is 6.02. The van der Waals surface area contributed by atoms with Gasteiger partial charge in [-0.2, -0.15) is 0 Å². The topological polar surface area (TPSA) is 83.8 Å². The third-order valence-corrected chi connectivity index (χ3v) is 2.92. The van der Waals surface area contributed by atoms with Crippen LogP contribution in [-0.4, -0.2) is 54.2 Å². The summed E-state index contributed by atoms with van der Waals surface area (Å²) in [6.07, 6.45) is 0. The van der Waals surface area contributed by atoms with Crippen LogP contribution in [0.2, 0.25) is 5.02 Å². The van der Waals surface area contributed by atoms with Crippen molar-refractivity contribution in [3.05, 3.63) is 38.9 Å². The van der Waals surface area contributed by atoms with E-state index in [1.54, 1.807) is 14.1 Å². The summed E-state index contributed by atoms with van der Waals surface area (Å²) in [5.41, 5.74) is -0.597. The zero-order valence-electron chi connectivity index (χ0n) is 11.3. The van der Waals surface area contributed by atoms with Gasteiger partial charge in [-0.25, -0.2) is 0 Å². The Balaban J connectivity index is 3.07. The highest BCUT2D eigenvalue weighted by molar-refractivity contribution is 6.33. The van der Waals surface area contributed by atoms with E-state index in [1.165, 1.54) is 30.1 Å². The normalized spacial score (nSPS) is 10.0. The predicted molar refractivity (Wildman–Crippen MR) is 73.8 cm³/mol. The molecule has 0 aliphatic carbocycles. The van der Waals surface area contributed by atoms with E-state index in [0.29, 0.717) is 0 Å². The zero-order chi connectivity index (χ0) is 15.4. The third-order valence-electron chi connectivity index (χ3n) is 2.62. The third kappa shape index (κ3) is 3.45. The van der Waals surface area contributed by atoms with Crippen molar-refractivity contribution in [1.29, 1.82) is 0 Å². The van der Waals surface area contributed by atoms with Crippen LogP contribution in [-0.2, 0) is 4.79 Å². The molecule has 0 spiro atoms. The van der Waals surface area contributed by atoms with E-state index >= 15 is 0 Å².